The average Bonchev–Trinajstić information content (AvgIpc) is 2.77. The summed E-state index contributed by atoms with van der Waals surface area (Å²) in [5.74, 6) is 2.61. The number of rotatable bonds is 4. The molecule has 0 aliphatic heterocycles. The molecule has 2 nitrogen and oxygen atoms in total. The Morgan fingerprint density at radius 1 is 1.33 bits per heavy atom. The molecule has 0 spiro atoms. The van der Waals surface area contributed by atoms with Crippen LogP contribution in [0.15, 0.2) is 18.2 Å². The minimum absolute atomic E-state index is 0.421. The molecule has 0 radical (unpaired) electrons. The van der Waals surface area contributed by atoms with Crippen LogP contribution in [0.3, 0.4) is 0 Å². The van der Waals surface area contributed by atoms with Crippen molar-refractivity contribution < 1.29 is 4.74 Å². The molecule has 100 valence electrons. The number of ether oxygens (including phenoxy) is 1. The van der Waals surface area contributed by atoms with Crippen LogP contribution in [0.5, 0.6) is 5.75 Å². The maximum Gasteiger partial charge on any atom is 0.123 e. The van der Waals surface area contributed by atoms with Crippen LogP contribution in [0.1, 0.15) is 43.4 Å². The minimum Gasteiger partial charge on any atom is -0.496 e. The molecule has 3 atom stereocenters. The molecule has 1 aliphatic carbocycles. The van der Waals surface area contributed by atoms with Gasteiger partial charge in [0.05, 0.1) is 7.11 Å². The summed E-state index contributed by atoms with van der Waals surface area (Å²) in [6.45, 7) is 4.51. The topological polar surface area (TPSA) is 21.3 Å². The highest BCUT2D eigenvalue weighted by molar-refractivity contribution is 5.39. The fourth-order valence-electron chi connectivity index (χ4n) is 3.30. The average molecular weight is 247 g/mol. The zero-order valence-electron chi connectivity index (χ0n) is 12.0. The van der Waals surface area contributed by atoms with Crippen LogP contribution in [-0.2, 0) is 0 Å². The molecule has 0 amide bonds. The molecule has 2 heteroatoms. The molecule has 0 aromatic heterocycles. The normalized spacial score (nSPS) is 25.1. The van der Waals surface area contributed by atoms with E-state index < -0.39 is 0 Å². The third-order valence-corrected chi connectivity index (χ3v) is 4.24. The van der Waals surface area contributed by atoms with E-state index in [4.69, 9.17) is 4.74 Å². The molecule has 1 aromatic carbocycles. The van der Waals surface area contributed by atoms with Gasteiger partial charge < -0.3 is 10.1 Å². The van der Waals surface area contributed by atoms with Crippen LogP contribution in [0, 0.1) is 18.8 Å². The van der Waals surface area contributed by atoms with Crippen LogP contribution in [-0.4, -0.2) is 14.2 Å². The van der Waals surface area contributed by atoms with Gasteiger partial charge in [0.15, 0.2) is 0 Å². The Kier molecular flexibility index (Phi) is 4.28. The smallest absolute Gasteiger partial charge is 0.123 e. The van der Waals surface area contributed by atoms with Gasteiger partial charge in [0.1, 0.15) is 5.75 Å². The highest BCUT2D eigenvalue weighted by Gasteiger charge is 2.30. The van der Waals surface area contributed by atoms with E-state index in [-0.39, 0.29) is 0 Å². The van der Waals surface area contributed by atoms with E-state index in [0.717, 1.165) is 17.6 Å². The Bertz CT molecular complexity index is 402. The second kappa shape index (κ2) is 5.75. The molecular formula is C16H25NO. The molecule has 0 heterocycles. The van der Waals surface area contributed by atoms with Crippen molar-refractivity contribution in [1.29, 1.82) is 0 Å². The molecule has 2 rings (SSSR count). The summed E-state index contributed by atoms with van der Waals surface area (Å²) in [7, 11) is 3.83. The van der Waals surface area contributed by atoms with Crippen molar-refractivity contribution in [2.24, 2.45) is 11.8 Å². The lowest BCUT2D eigenvalue weighted by Crippen LogP contribution is -2.24. The van der Waals surface area contributed by atoms with Crippen LogP contribution in [0.4, 0.5) is 0 Å². The first-order valence-electron chi connectivity index (χ1n) is 6.97. The summed E-state index contributed by atoms with van der Waals surface area (Å²) in [6, 6.07) is 6.90. The van der Waals surface area contributed by atoms with Gasteiger partial charge in [0.25, 0.3) is 0 Å². The lowest BCUT2D eigenvalue weighted by molar-refractivity contribution is 0.353. The third kappa shape index (κ3) is 2.69. The maximum absolute atomic E-state index is 5.53. The fourth-order valence-corrected chi connectivity index (χ4v) is 3.30. The molecule has 0 saturated heterocycles. The van der Waals surface area contributed by atoms with Crippen molar-refractivity contribution >= 4 is 0 Å². The van der Waals surface area contributed by atoms with Gasteiger partial charge in [-0.25, -0.2) is 0 Å². The summed E-state index contributed by atoms with van der Waals surface area (Å²) in [4.78, 5) is 0. The van der Waals surface area contributed by atoms with E-state index in [2.05, 4.69) is 44.4 Å². The van der Waals surface area contributed by atoms with Crippen molar-refractivity contribution in [2.45, 2.75) is 39.2 Å². The van der Waals surface area contributed by atoms with Crippen LogP contribution in [0.2, 0.25) is 0 Å². The highest BCUT2D eigenvalue weighted by Crippen LogP contribution is 2.41. The standard InChI is InChI=1S/C16H25NO/c1-11-5-7-13(9-11)16(17-3)14-10-12(2)6-8-15(14)18-4/h6,8,10-11,13,16-17H,5,7,9H2,1-4H3. The van der Waals surface area contributed by atoms with Gasteiger partial charge in [0, 0.05) is 11.6 Å². The molecule has 18 heavy (non-hydrogen) atoms. The summed E-state index contributed by atoms with van der Waals surface area (Å²) in [5.41, 5.74) is 2.62. The van der Waals surface area contributed by atoms with Crippen molar-refractivity contribution in [1.82, 2.24) is 5.32 Å². The van der Waals surface area contributed by atoms with Crippen molar-refractivity contribution in [2.75, 3.05) is 14.2 Å². The van der Waals surface area contributed by atoms with Crippen LogP contribution in [0.25, 0.3) is 0 Å². The molecule has 1 aliphatic rings. The number of methoxy groups -OCH3 is 1. The van der Waals surface area contributed by atoms with Gasteiger partial charge >= 0.3 is 0 Å². The fraction of sp³-hybridized carbons (Fsp3) is 0.625. The SMILES string of the molecule is CNC(c1cc(C)ccc1OC)C1CCC(C)C1. The van der Waals surface area contributed by atoms with E-state index in [0.29, 0.717) is 6.04 Å². The predicted octanol–water partition coefficient (Wildman–Crippen LogP) is 3.70. The molecule has 1 aromatic rings. The van der Waals surface area contributed by atoms with Crippen LogP contribution >= 0.6 is 0 Å². The predicted molar refractivity (Wildman–Crippen MR) is 76.0 cm³/mol. The lowest BCUT2D eigenvalue weighted by Gasteiger charge is -2.25. The zero-order chi connectivity index (χ0) is 13.1. The largest absolute Gasteiger partial charge is 0.496 e. The zero-order valence-corrected chi connectivity index (χ0v) is 12.0. The highest BCUT2D eigenvalue weighted by atomic mass is 16.5. The molecule has 0 bridgehead atoms. The van der Waals surface area contributed by atoms with Crippen molar-refractivity contribution in [3.05, 3.63) is 29.3 Å². The first kappa shape index (κ1) is 13.4. The first-order chi connectivity index (χ1) is 8.65. The quantitative estimate of drug-likeness (QED) is 0.876. The monoisotopic (exact) mass is 247 g/mol. The minimum atomic E-state index is 0.421. The lowest BCUT2D eigenvalue weighted by atomic mass is 9.89. The molecule has 3 unspecified atom stereocenters. The maximum atomic E-state index is 5.53. The molecule has 1 saturated carbocycles. The second-order valence-corrected chi connectivity index (χ2v) is 5.69. The Morgan fingerprint density at radius 3 is 2.67 bits per heavy atom. The van der Waals surface area contributed by atoms with Crippen molar-refractivity contribution in [3.8, 4) is 5.75 Å². The number of aryl methyl sites for hydroxylation is 1. The first-order valence-corrected chi connectivity index (χ1v) is 6.97. The Balaban J connectivity index is 2.29. The third-order valence-electron chi connectivity index (χ3n) is 4.24. The van der Waals surface area contributed by atoms with Gasteiger partial charge in [0.2, 0.25) is 0 Å². The number of hydrogen-bond donors (Lipinski definition) is 1. The van der Waals surface area contributed by atoms with Crippen molar-refractivity contribution in [3.63, 3.8) is 0 Å². The summed E-state index contributed by atoms with van der Waals surface area (Å²) in [6.07, 6.45) is 4.00. The number of benzene rings is 1. The molecule has 1 fully saturated rings. The summed E-state index contributed by atoms with van der Waals surface area (Å²) < 4.78 is 5.53. The Labute approximate surface area is 111 Å². The summed E-state index contributed by atoms with van der Waals surface area (Å²) >= 11 is 0. The molecular weight excluding hydrogens is 222 g/mol. The van der Waals surface area contributed by atoms with E-state index in [9.17, 15) is 0 Å². The van der Waals surface area contributed by atoms with E-state index in [1.54, 1.807) is 7.11 Å². The second-order valence-electron chi connectivity index (χ2n) is 5.69. The van der Waals surface area contributed by atoms with E-state index >= 15 is 0 Å². The van der Waals surface area contributed by atoms with E-state index in [1.807, 2.05) is 0 Å². The van der Waals surface area contributed by atoms with Crippen LogP contribution < -0.4 is 10.1 Å². The molecule has 1 N–H and O–H groups in total. The van der Waals surface area contributed by atoms with Gasteiger partial charge in [-0.05, 0) is 44.7 Å². The number of hydrogen-bond acceptors (Lipinski definition) is 2. The number of nitrogens with one attached hydrogen (secondary N) is 1. The summed E-state index contributed by atoms with van der Waals surface area (Å²) in [5, 5.41) is 3.50. The van der Waals surface area contributed by atoms with Gasteiger partial charge in [-0.2, -0.15) is 0 Å². The Hall–Kier alpha value is -1.02. The van der Waals surface area contributed by atoms with Gasteiger partial charge in [-0.15, -0.1) is 0 Å². The Morgan fingerprint density at radius 2 is 2.11 bits per heavy atom. The van der Waals surface area contributed by atoms with Gasteiger partial charge in [-0.1, -0.05) is 31.0 Å². The van der Waals surface area contributed by atoms with E-state index in [1.165, 1.54) is 30.4 Å². The van der Waals surface area contributed by atoms with Gasteiger partial charge in [-0.3, -0.25) is 0 Å².